The molecule has 1 saturated heterocycles. The molecule has 0 unspecified atom stereocenters. The van der Waals surface area contributed by atoms with Crippen LogP contribution in [0.25, 0.3) is 0 Å². The molecule has 194 valence electrons. The van der Waals surface area contributed by atoms with Gasteiger partial charge in [0.2, 0.25) is 5.91 Å². The van der Waals surface area contributed by atoms with Crippen LogP contribution in [0.3, 0.4) is 0 Å². The Labute approximate surface area is 216 Å². The van der Waals surface area contributed by atoms with Crippen LogP contribution in [-0.2, 0) is 22.1 Å². The maximum atomic E-state index is 13.0. The van der Waals surface area contributed by atoms with E-state index in [-0.39, 0.29) is 12.1 Å². The van der Waals surface area contributed by atoms with Crippen LogP contribution in [0.5, 0.6) is 11.5 Å². The molecule has 37 heavy (non-hydrogen) atoms. The first kappa shape index (κ1) is 26.4. The van der Waals surface area contributed by atoms with Gasteiger partial charge in [0, 0.05) is 37.5 Å². The quantitative estimate of drug-likeness (QED) is 0.298. The number of aromatic nitrogens is 1. The van der Waals surface area contributed by atoms with Crippen LogP contribution < -0.4 is 10.1 Å². The van der Waals surface area contributed by atoms with Gasteiger partial charge in [-0.3, -0.25) is 15.2 Å². The third kappa shape index (κ3) is 7.21. The first-order chi connectivity index (χ1) is 17.7. The zero-order valence-electron chi connectivity index (χ0n) is 19.6. The minimum Gasteiger partial charge on any atom is -0.457 e. The average molecular weight is 533 g/mol. The predicted molar refractivity (Wildman–Crippen MR) is 133 cm³/mol. The number of ether oxygens (including phenoxy) is 2. The molecule has 1 aliphatic rings. The van der Waals surface area contributed by atoms with E-state index in [0.717, 1.165) is 17.7 Å². The molecular weight excluding hydrogens is 509 g/mol. The zero-order chi connectivity index (χ0) is 26.4. The van der Waals surface area contributed by atoms with Gasteiger partial charge in [0.05, 0.1) is 23.8 Å². The number of amides is 1. The average Bonchev–Trinajstić information content (AvgIpc) is 2.88. The maximum Gasteiger partial charge on any atom is 0.417 e. The molecule has 4 rings (SSSR count). The molecule has 1 aliphatic heterocycles. The van der Waals surface area contributed by atoms with Crippen molar-refractivity contribution in [2.24, 2.45) is 0 Å². The van der Waals surface area contributed by atoms with Gasteiger partial charge in [-0.25, -0.2) is 0 Å². The Morgan fingerprint density at radius 1 is 1.11 bits per heavy atom. The van der Waals surface area contributed by atoms with E-state index in [1.54, 1.807) is 36.5 Å². The Kier molecular flexibility index (Phi) is 8.30. The standard InChI is InChI=1S/C26H24ClF3N4O3/c27-22-6-5-18(15-21(22)26(28,29)30)33-24(35)7-4-17-2-1-3-19(14-17)37-20-8-9-32-23(16-20)25(31)34-10-12-36-13-11-34/h1-3,5-6,8-9,14-16,31H,4,7,10-13H2,(H,33,35). The second-order valence-corrected chi connectivity index (χ2v) is 8.72. The van der Waals surface area contributed by atoms with E-state index in [0.29, 0.717) is 55.8 Å². The molecule has 7 nitrogen and oxygen atoms in total. The molecule has 0 radical (unpaired) electrons. The van der Waals surface area contributed by atoms with E-state index in [4.69, 9.17) is 26.5 Å². The normalized spacial score (nSPS) is 13.8. The van der Waals surface area contributed by atoms with E-state index < -0.39 is 22.7 Å². The second-order valence-electron chi connectivity index (χ2n) is 8.31. The minimum atomic E-state index is -4.61. The third-order valence-corrected chi connectivity index (χ3v) is 5.96. The van der Waals surface area contributed by atoms with Crippen molar-refractivity contribution in [2.45, 2.75) is 19.0 Å². The number of carbonyl (C=O) groups excluding carboxylic acids is 1. The smallest absolute Gasteiger partial charge is 0.417 e. The molecule has 2 aromatic carbocycles. The topological polar surface area (TPSA) is 87.5 Å². The number of morpholine rings is 1. The van der Waals surface area contributed by atoms with Crippen LogP contribution in [0.2, 0.25) is 5.02 Å². The van der Waals surface area contributed by atoms with Crippen molar-refractivity contribution >= 4 is 29.0 Å². The van der Waals surface area contributed by atoms with Crippen LogP contribution >= 0.6 is 11.6 Å². The Hall–Kier alpha value is -3.63. The fourth-order valence-corrected chi connectivity index (χ4v) is 3.98. The van der Waals surface area contributed by atoms with Gasteiger partial charge in [-0.2, -0.15) is 13.2 Å². The van der Waals surface area contributed by atoms with Crippen LogP contribution in [0.4, 0.5) is 18.9 Å². The van der Waals surface area contributed by atoms with Crippen molar-refractivity contribution in [3.8, 4) is 11.5 Å². The molecule has 1 amide bonds. The van der Waals surface area contributed by atoms with Gasteiger partial charge in [-0.1, -0.05) is 23.7 Å². The summed E-state index contributed by atoms with van der Waals surface area (Å²) in [7, 11) is 0. The number of nitrogens with one attached hydrogen (secondary N) is 2. The predicted octanol–water partition coefficient (Wildman–Crippen LogP) is 5.77. The Bertz CT molecular complexity index is 1280. The van der Waals surface area contributed by atoms with Crippen LogP contribution in [0.15, 0.2) is 60.8 Å². The van der Waals surface area contributed by atoms with E-state index in [9.17, 15) is 18.0 Å². The third-order valence-electron chi connectivity index (χ3n) is 5.63. The van der Waals surface area contributed by atoms with Gasteiger partial charge in [0.25, 0.3) is 0 Å². The summed E-state index contributed by atoms with van der Waals surface area (Å²) in [5, 5.41) is 10.5. The lowest BCUT2D eigenvalue weighted by Crippen LogP contribution is -2.41. The molecule has 1 aromatic heterocycles. The summed E-state index contributed by atoms with van der Waals surface area (Å²) in [6.45, 7) is 2.39. The Morgan fingerprint density at radius 2 is 1.86 bits per heavy atom. The zero-order valence-corrected chi connectivity index (χ0v) is 20.4. The fourth-order valence-electron chi connectivity index (χ4n) is 3.76. The van der Waals surface area contributed by atoms with Gasteiger partial charge in [-0.15, -0.1) is 0 Å². The summed E-state index contributed by atoms with van der Waals surface area (Å²) in [4.78, 5) is 18.5. The summed E-state index contributed by atoms with van der Waals surface area (Å²) in [5.41, 5.74) is 0.323. The molecule has 0 bridgehead atoms. The summed E-state index contributed by atoms with van der Waals surface area (Å²) in [6.07, 6.45) is -2.62. The number of anilines is 1. The highest BCUT2D eigenvalue weighted by atomic mass is 35.5. The number of carbonyl (C=O) groups is 1. The highest BCUT2D eigenvalue weighted by Crippen LogP contribution is 2.36. The van der Waals surface area contributed by atoms with Crippen molar-refractivity contribution in [3.63, 3.8) is 0 Å². The largest absolute Gasteiger partial charge is 0.457 e. The number of nitrogens with zero attached hydrogens (tertiary/aromatic N) is 2. The van der Waals surface area contributed by atoms with E-state index in [2.05, 4.69) is 10.3 Å². The Morgan fingerprint density at radius 3 is 2.62 bits per heavy atom. The van der Waals surface area contributed by atoms with Crippen LogP contribution in [-0.4, -0.2) is 47.9 Å². The van der Waals surface area contributed by atoms with Gasteiger partial charge in [0.15, 0.2) is 0 Å². The SMILES string of the molecule is N=C(c1cc(Oc2cccc(CCC(=O)Nc3ccc(Cl)c(C(F)(F)F)c3)c2)ccn1)N1CCOCC1. The Balaban J connectivity index is 1.35. The maximum absolute atomic E-state index is 13.0. The highest BCUT2D eigenvalue weighted by Gasteiger charge is 2.33. The first-order valence-corrected chi connectivity index (χ1v) is 11.9. The number of amidine groups is 1. The second kappa shape index (κ2) is 11.6. The summed E-state index contributed by atoms with van der Waals surface area (Å²) in [5.74, 6) is 0.931. The number of halogens is 4. The summed E-state index contributed by atoms with van der Waals surface area (Å²) >= 11 is 5.63. The lowest BCUT2D eigenvalue weighted by molar-refractivity contribution is -0.137. The van der Waals surface area contributed by atoms with Crippen LogP contribution in [0.1, 0.15) is 23.2 Å². The van der Waals surface area contributed by atoms with Gasteiger partial charge in [-0.05, 0) is 48.4 Å². The lowest BCUT2D eigenvalue weighted by Gasteiger charge is -2.28. The molecule has 11 heteroatoms. The van der Waals surface area contributed by atoms with Gasteiger partial charge in [0.1, 0.15) is 23.0 Å². The van der Waals surface area contributed by atoms with Gasteiger partial charge < -0.3 is 19.7 Å². The molecule has 2 heterocycles. The van der Waals surface area contributed by atoms with Crippen LogP contribution in [0, 0.1) is 5.41 Å². The summed E-state index contributed by atoms with van der Waals surface area (Å²) in [6, 6.07) is 13.8. The van der Waals surface area contributed by atoms with Crippen molar-refractivity contribution in [2.75, 3.05) is 31.6 Å². The first-order valence-electron chi connectivity index (χ1n) is 11.5. The fraction of sp³-hybridized carbons (Fsp3) is 0.269. The number of benzene rings is 2. The van der Waals surface area contributed by atoms with Gasteiger partial charge >= 0.3 is 6.18 Å². The number of aryl methyl sites for hydroxylation is 1. The molecule has 0 spiro atoms. The molecule has 0 saturated carbocycles. The number of pyridine rings is 1. The molecule has 0 aliphatic carbocycles. The molecule has 3 aromatic rings. The van der Waals surface area contributed by atoms with E-state index in [1.807, 2.05) is 11.0 Å². The number of alkyl halides is 3. The van der Waals surface area contributed by atoms with Crippen molar-refractivity contribution < 1.29 is 27.4 Å². The van der Waals surface area contributed by atoms with E-state index in [1.165, 1.54) is 6.07 Å². The van der Waals surface area contributed by atoms with Crippen molar-refractivity contribution in [3.05, 3.63) is 82.6 Å². The monoisotopic (exact) mass is 532 g/mol. The number of rotatable bonds is 7. The number of hydrogen-bond donors (Lipinski definition) is 2. The summed E-state index contributed by atoms with van der Waals surface area (Å²) < 4.78 is 50.4. The molecule has 0 atom stereocenters. The lowest BCUT2D eigenvalue weighted by atomic mass is 10.1. The van der Waals surface area contributed by atoms with E-state index >= 15 is 0 Å². The molecule has 1 fully saturated rings. The highest BCUT2D eigenvalue weighted by molar-refractivity contribution is 6.31. The molecule has 2 N–H and O–H groups in total. The minimum absolute atomic E-state index is 0.0231. The molecular formula is C26H24ClF3N4O3. The van der Waals surface area contributed by atoms with Crippen molar-refractivity contribution in [1.82, 2.24) is 9.88 Å². The van der Waals surface area contributed by atoms with Crippen molar-refractivity contribution in [1.29, 1.82) is 5.41 Å². The number of hydrogen-bond acceptors (Lipinski definition) is 5.